The molecule has 0 saturated carbocycles. The minimum absolute atomic E-state index is 0.829. The fourth-order valence-corrected chi connectivity index (χ4v) is 2.08. The summed E-state index contributed by atoms with van der Waals surface area (Å²) in [6.07, 6.45) is 1.97. The monoisotopic (exact) mass is 219 g/mol. The van der Waals surface area contributed by atoms with Crippen LogP contribution in [0.3, 0.4) is 0 Å². The highest BCUT2D eigenvalue weighted by Crippen LogP contribution is 2.34. The molecule has 2 rings (SSSR count). The summed E-state index contributed by atoms with van der Waals surface area (Å²) < 4.78 is 7.34. The second-order valence-corrected chi connectivity index (χ2v) is 4.56. The van der Waals surface area contributed by atoms with Crippen LogP contribution in [0.1, 0.15) is 19.4 Å². The van der Waals surface area contributed by atoms with Crippen molar-refractivity contribution < 1.29 is 9.84 Å². The lowest BCUT2D eigenvalue weighted by Gasteiger charge is -2.20. The largest absolute Gasteiger partial charge is 0.495 e. The summed E-state index contributed by atoms with van der Waals surface area (Å²) in [4.78, 5) is 0. The maximum absolute atomic E-state index is 10.1. The molecule has 16 heavy (non-hydrogen) atoms. The molecule has 1 N–H and O–H groups in total. The summed E-state index contributed by atoms with van der Waals surface area (Å²) in [7, 11) is 3.63. The van der Waals surface area contributed by atoms with Gasteiger partial charge in [-0.15, -0.1) is 0 Å². The quantitative estimate of drug-likeness (QED) is 0.841. The van der Waals surface area contributed by atoms with Crippen molar-refractivity contribution in [2.75, 3.05) is 7.11 Å². The third-order valence-corrected chi connectivity index (χ3v) is 2.88. The van der Waals surface area contributed by atoms with Crippen LogP contribution in [0.4, 0.5) is 0 Å². The summed E-state index contributed by atoms with van der Waals surface area (Å²) in [6, 6.07) is 5.82. The molecule has 0 bridgehead atoms. The molecule has 3 nitrogen and oxygen atoms in total. The van der Waals surface area contributed by atoms with Crippen molar-refractivity contribution in [2.24, 2.45) is 7.05 Å². The van der Waals surface area contributed by atoms with Gasteiger partial charge in [-0.1, -0.05) is 6.07 Å². The first kappa shape index (κ1) is 11.0. The zero-order valence-corrected chi connectivity index (χ0v) is 10.1. The van der Waals surface area contributed by atoms with E-state index in [0.717, 1.165) is 22.2 Å². The predicted molar refractivity (Wildman–Crippen MR) is 64.7 cm³/mol. The molecule has 0 unspecified atom stereocenters. The van der Waals surface area contributed by atoms with Crippen LogP contribution in [0, 0.1) is 0 Å². The minimum Gasteiger partial charge on any atom is -0.495 e. The van der Waals surface area contributed by atoms with Crippen molar-refractivity contribution in [3.8, 4) is 5.75 Å². The molecule has 0 aliphatic heterocycles. The van der Waals surface area contributed by atoms with Crippen molar-refractivity contribution >= 4 is 10.9 Å². The van der Waals surface area contributed by atoms with Gasteiger partial charge in [0.15, 0.2) is 0 Å². The SMILES string of the molecule is COc1ccc(C(C)(C)O)c2ccn(C)c12. The average molecular weight is 219 g/mol. The van der Waals surface area contributed by atoms with Crippen molar-refractivity contribution in [3.05, 3.63) is 30.0 Å². The summed E-state index contributed by atoms with van der Waals surface area (Å²) in [5.74, 6) is 0.829. The first-order valence-electron chi connectivity index (χ1n) is 5.30. The topological polar surface area (TPSA) is 34.4 Å². The van der Waals surface area contributed by atoms with E-state index in [-0.39, 0.29) is 0 Å². The molecule has 0 aliphatic carbocycles. The first-order chi connectivity index (χ1) is 7.45. The summed E-state index contributed by atoms with van der Waals surface area (Å²) in [5, 5.41) is 11.1. The lowest BCUT2D eigenvalue weighted by atomic mass is 9.95. The molecule has 86 valence electrons. The number of hydrogen-bond donors (Lipinski definition) is 1. The number of aromatic nitrogens is 1. The fourth-order valence-electron chi connectivity index (χ4n) is 2.08. The van der Waals surface area contributed by atoms with Gasteiger partial charge in [0, 0.05) is 18.6 Å². The number of ether oxygens (including phenoxy) is 1. The molecule has 0 atom stereocenters. The van der Waals surface area contributed by atoms with E-state index in [1.807, 2.05) is 36.0 Å². The third kappa shape index (κ3) is 1.57. The average Bonchev–Trinajstić information content (AvgIpc) is 2.58. The maximum Gasteiger partial charge on any atom is 0.143 e. The van der Waals surface area contributed by atoms with Crippen molar-refractivity contribution in [1.82, 2.24) is 4.57 Å². The molecule has 0 radical (unpaired) electrons. The van der Waals surface area contributed by atoms with Crippen LogP contribution in [0.5, 0.6) is 5.75 Å². The smallest absolute Gasteiger partial charge is 0.143 e. The number of aryl methyl sites for hydroxylation is 1. The summed E-state index contributed by atoms with van der Waals surface area (Å²) in [6.45, 7) is 3.59. The predicted octanol–water partition coefficient (Wildman–Crippen LogP) is 2.41. The Morgan fingerprint density at radius 1 is 1.25 bits per heavy atom. The molecule has 0 saturated heterocycles. The zero-order chi connectivity index (χ0) is 11.9. The number of hydrogen-bond acceptors (Lipinski definition) is 2. The highest BCUT2D eigenvalue weighted by molar-refractivity contribution is 5.89. The fraction of sp³-hybridized carbons (Fsp3) is 0.385. The Morgan fingerprint density at radius 2 is 1.94 bits per heavy atom. The van der Waals surface area contributed by atoms with E-state index in [1.54, 1.807) is 21.0 Å². The van der Waals surface area contributed by atoms with E-state index in [1.165, 1.54) is 0 Å². The molecule has 1 aromatic carbocycles. The standard InChI is InChI=1S/C13H17NO2/c1-13(2,15)10-5-6-11(16-4)12-9(10)7-8-14(12)3/h5-8,15H,1-4H3. The Kier molecular flexibility index (Phi) is 2.43. The van der Waals surface area contributed by atoms with E-state index in [9.17, 15) is 5.11 Å². The Bertz CT molecular complexity index is 520. The summed E-state index contributed by atoms with van der Waals surface area (Å²) >= 11 is 0. The molecule has 0 aliphatic rings. The van der Waals surface area contributed by atoms with Crippen LogP contribution in [0.2, 0.25) is 0 Å². The molecule has 0 spiro atoms. The highest BCUT2D eigenvalue weighted by atomic mass is 16.5. The van der Waals surface area contributed by atoms with Gasteiger partial charge in [-0.25, -0.2) is 0 Å². The zero-order valence-electron chi connectivity index (χ0n) is 10.1. The Balaban J connectivity index is 2.82. The Morgan fingerprint density at radius 3 is 2.50 bits per heavy atom. The third-order valence-electron chi connectivity index (χ3n) is 2.88. The minimum atomic E-state index is -0.841. The summed E-state index contributed by atoms with van der Waals surface area (Å²) in [5.41, 5.74) is 1.09. The van der Waals surface area contributed by atoms with Gasteiger partial charge in [-0.3, -0.25) is 0 Å². The van der Waals surface area contributed by atoms with Crippen molar-refractivity contribution in [3.63, 3.8) is 0 Å². The van der Waals surface area contributed by atoms with E-state index in [0.29, 0.717) is 0 Å². The maximum atomic E-state index is 10.1. The number of benzene rings is 1. The van der Waals surface area contributed by atoms with Crippen LogP contribution in [-0.2, 0) is 12.6 Å². The highest BCUT2D eigenvalue weighted by Gasteiger charge is 2.21. The van der Waals surface area contributed by atoms with Gasteiger partial charge in [0.2, 0.25) is 0 Å². The van der Waals surface area contributed by atoms with Crippen molar-refractivity contribution in [2.45, 2.75) is 19.4 Å². The molecular formula is C13H17NO2. The lowest BCUT2D eigenvalue weighted by Crippen LogP contribution is -2.15. The van der Waals surface area contributed by atoms with E-state index in [4.69, 9.17) is 4.74 Å². The van der Waals surface area contributed by atoms with Gasteiger partial charge < -0.3 is 14.4 Å². The number of methoxy groups -OCH3 is 1. The molecule has 0 fully saturated rings. The van der Waals surface area contributed by atoms with Crippen LogP contribution in [-0.4, -0.2) is 16.8 Å². The number of fused-ring (bicyclic) bond motifs is 1. The van der Waals surface area contributed by atoms with E-state index < -0.39 is 5.60 Å². The van der Waals surface area contributed by atoms with Gasteiger partial charge in [0.05, 0.1) is 18.2 Å². The van der Waals surface area contributed by atoms with Gasteiger partial charge in [0.1, 0.15) is 5.75 Å². The number of rotatable bonds is 2. The molecule has 1 heterocycles. The van der Waals surface area contributed by atoms with Crippen LogP contribution < -0.4 is 4.74 Å². The number of aliphatic hydroxyl groups is 1. The Hall–Kier alpha value is -1.48. The van der Waals surface area contributed by atoms with Crippen LogP contribution in [0.15, 0.2) is 24.4 Å². The molecular weight excluding hydrogens is 202 g/mol. The van der Waals surface area contributed by atoms with E-state index in [2.05, 4.69) is 0 Å². The van der Waals surface area contributed by atoms with Gasteiger partial charge in [0.25, 0.3) is 0 Å². The lowest BCUT2D eigenvalue weighted by molar-refractivity contribution is 0.0802. The van der Waals surface area contributed by atoms with Crippen LogP contribution >= 0.6 is 0 Å². The second-order valence-electron chi connectivity index (χ2n) is 4.56. The van der Waals surface area contributed by atoms with Crippen LogP contribution in [0.25, 0.3) is 10.9 Å². The Labute approximate surface area is 95.3 Å². The second kappa shape index (κ2) is 3.52. The molecule has 0 amide bonds. The number of nitrogens with zero attached hydrogens (tertiary/aromatic N) is 1. The first-order valence-corrected chi connectivity index (χ1v) is 5.30. The van der Waals surface area contributed by atoms with Crippen molar-refractivity contribution in [1.29, 1.82) is 0 Å². The van der Waals surface area contributed by atoms with Gasteiger partial charge >= 0.3 is 0 Å². The van der Waals surface area contributed by atoms with Gasteiger partial charge in [-0.05, 0) is 31.5 Å². The normalized spacial score (nSPS) is 12.1. The molecule has 2 aromatic rings. The van der Waals surface area contributed by atoms with E-state index >= 15 is 0 Å². The molecule has 3 heteroatoms. The molecule has 1 aromatic heterocycles. The van der Waals surface area contributed by atoms with Gasteiger partial charge in [-0.2, -0.15) is 0 Å².